The zero-order chi connectivity index (χ0) is 16.8. The number of fused-ring (bicyclic) bond motifs is 3. The van der Waals surface area contributed by atoms with Gasteiger partial charge in [-0.15, -0.1) is 0 Å². The molecule has 0 amide bonds. The fourth-order valence-corrected chi connectivity index (χ4v) is 4.78. The van der Waals surface area contributed by atoms with Crippen molar-refractivity contribution >= 4 is 17.2 Å². The average Bonchev–Trinajstić information content (AvgIpc) is 2.99. The molecule has 1 atom stereocenters. The lowest BCUT2D eigenvalue weighted by atomic mass is 9.89. The molecule has 126 valence electrons. The van der Waals surface area contributed by atoms with Gasteiger partial charge in [-0.05, 0) is 48.6 Å². The van der Waals surface area contributed by atoms with Crippen LogP contribution in [0.3, 0.4) is 0 Å². The fourth-order valence-electron chi connectivity index (χ4n) is 4.78. The maximum Gasteiger partial charge on any atom is 0.150 e. The molecular formula is C22H22N2O. The molecule has 1 aliphatic carbocycles. The van der Waals surface area contributed by atoms with Crippen molar-refractivity contribution in [2.75, 3.05) is 6.54 Å². The van der Waals surface area contributed by atoms with Crippen LogP contribution in [0.1, 0.15) is 46.1 Å². The predicted octanol–water partition coefficient (Wildman–Crippen LogP) is 4.35. The van der Waals surface area contributed by atoms with Crippen LogP contribution in [-0.2, 0) is 19.5 Å². The molecule has 0 N–H and O–H groups in total. The second kappa shape index (κ2) is 5.85. The van der Waals surface area contributed by atoms with E-state index in [0.29, 0.717) is 6.04 Å². The third-order valence-corrected chi connectivity index (χ3v) is 5.87. The molecule has 0 radical (unpaired) electrons. The summed E-state index contributed by atoms with van der Waals surface area (Å²) in [5.74, 6) is 0. The van der Waals surface area contributed by atoms with Crippen LogP contribution in [0.15, 0.2) is 48.5 Å². The average molecular weight is 330 g/mol. The monoisotopic (exact) mass is 330 g/mol. The smallest absolute Gasteiger partial charge is 0.150 e. The standard InChI is InChI=1S/C22H22N2O/c25-15-17-9-10-20-19(13-17)18-7-4-8-21-22(18)24(20)12-11-23(21)14-16-5-2-1-3-6-16/h1-3,5-6,9-10,13,15,21H,4,7-8,11-12,14H2. The Labute approximate surface area is 147 Å². The summed E-state index contributed by atoms with van der Waals surface area (Å²) in [6, 6.07) is 17.5. The van der Waals surface area contributed by atoms with Crippen LogP contribution in [0.2, 0.25) is 0 Å². The van der Waals surface area contributed by atoms with Gasteiger partial charge in [-0.3, -0.25) is 9.69 Å². The number of aromatic nitrogens is 1. The summed E-state index contributed by atoms with van der Waals surface area (Å²) in [6.45, 7) is 3.15. The van der Waals surface area contributed by atoms with Gasteiger partial charge in [-0.2, -0.15) is 0 Å². The number of benzene rings is 2. The third kappa shape index (κ3) is 2.34. The molecule has 3 nitrogen and oxygen atoms in total. The van der Waals surface area contributed by atoms with E-state index in [9.17, 15) is 4.79 Å². The van der Waals surface area contributed by atoms with E-state index in [2.05, 4.69) is 51.9 Å². The molecule has 1 aliphatic heterocycles. The second-order valence-corrected chi connectivity index (χ2v) is 7.27. The van der Waals surface area contributed by atoms with Crippen molar-refractivity contribution in [1.82, 2.24) is 9.47 Å². The first kappa shape index (κ1) is 14.9. The molecule has 2 heterocycles. The minimum atomic E-state index is 0.504. The van der Waals surface area contributed by atoms with Gasteiger partial charge in [0.2, 0.25) is 0 Å². The quantitative estimate of drug-likeness (QED) is 0.667. The molecule has 25 heavy (non-hydrogen) atoms. The summed E-state index contributed by atoms with van der Waals surface area (Å²) in [5, 5.41) is 1.30. The number of hydrogen-bond donors (Lipinski definition) is 0. The van der Waals surface area contributed by atoms with Gasteiger partial charge in [0.1, 0.15) is 6.29 Å². The number of carbonyl (C=O) groups is 1. The van der Waals surface area contributed by atoms with Crippen molar-refractivity contribution in [2.45, 2.75) is 38.4 Å². The molecule has 0 spiro atoms. The first-order valence-electron chi connectivity index (χ1n) is 9.23. The molecule has 1 unspecified atom stereocenters. The summed E-state index contributed by atoms with van der Waals surface area (Å²) in [5.41, 5.74) is 6.47. The molecule has 0 saturated heterocycles. The van der Waals surface area contributed by atoms with E-state index >= 15 is 0 Å². The molecular weight excluding hydrogens is 308 g/mol. The van der Waals surface area contributed by atoms with E-state index in [4.69, 9.17) is 0 Å². The van der Waals surface area contributed by atoms with Gasteiger partial charge in [0.25, 0.3) is 0 Å². The van der Waals surface area contributed by atoms with Gasteiger partial charge in [-0.25, -0.2) is 0 Å². The summed E-state index contributed by atoms with van der Waals surface area (Å²) < 4.78 is 2.52. The highest BCUT2D eigenvalue weighted by Crippen LogP contribution is 2.43. The lowest BCUT2D eigenvalue weighted by Crippen LogP contribution is -2.39. The number of aryl methyl sites for hydroxylation is 1. The largest absolute Gasteiger partial charge is 0.342 e. The molecule has 0 bridgehead atoms. The number of aldehydes is 1. The summed E-state index contributed by atoms with van der Waals surface area (Å²) in [6.07, 6.45) is 4.56. The molecule has 3 aromatic rings. The van der Waals surface area contributed by atoms with E-state index in [0.717, 1.165) is 37.9 Å². The Hall–Kier alpha value is -2.39. The Bertz CT molecular complexity index is 942. The second-order valence-electron chi connectivity index (χ2n) is 7.27. The van der Waals surface area contributed by atoms with Gasteiger partial charge in [0.05, 0.1) is 6.04 Å². The lowest BCUT2D eigenvalue weighted by Gasteiger charge is -2.40. The van der Waals surface area contributed by atoms with Crippen molar-refractivity contribution in [3.05, 3.63) is 70.9 Å². The maximum atomic E-state index is 11.2. The SMILES string of the molecule is O=Cc1ccc2c(c1)c1c3n2CCN(Cc2ccccc2)C3CCC1. The van der Waals surface area contributed by atoms with Crippen LogP contribution >= 0.6 is 0 Å². The van der Waals surface area contributed by atoms with Gasteiger partial charge in [0, 0.05) is 41.8 Å². The first-order chi connectivity index (χ1) is 12.3. The van der Waals surface area contributed by atoms with Gasteiger partial charge < -0.3 is 4.57 Å². The highest BCUT2D eigenvalue weighted by molar-refractivity contribution is 5.91. The Balaban J connectivity index is 1.60. The first-order valence-corrected chi connectivity index (χ1v) is 9.23. The minimum absolute atomic E-state index is 0.504. The molecule has 2 aromatic carbocycles. The highest BCUT2D eigenvalue weighted by atomic mass is 16.1. The van der Waals surface area contributed by atoms with Crippen LogP contribution < -0.4 is 0 Å². The predicted molar refractivity (Wildman–Crippen MR) is 99.9 cm³/mol. The van der Waals surface area contributed by atoms with Gasteiger partial charge in [-0.1, -0.05) is 30.3 Å². The van der Waals surface area contributed by atoms with E-state index in [1.807, 2.05) is 6.07 Å². The molecule has 2 aliphatic rings. The molecule has 0 fully saturated rings. The fraction of sp³-hybridized carbons (Fsp3) is 0.318. The van der Waals surface area contributed by atoms with Crippen LogP contribution in [0.5, 0.6) is 0 Å². The Morgan fingerprint density at radius 2 is 1.96 bits per heavy atom. The Morgan fingerprint density at radius 1 is 1.08 bits per heavy atom. The Kier molecular flexibility index (Phi) is 3.49. The van der Waals surface area contributed by atoms with E-state index in [1.165, 1.54) is 40.6 Å². The summed E-state index contributed by atoms with van der Waals surface area (Å²) in [4.78, 5) is 13.9. The normalized spacial score (nSPS) is 19.8. The number of nitrogens with zero attached hydrogens (tertiary/aromatic N) is 2. The molecule has 0 saturated carbocycles. The van der Waals surface area contributed by atoms with Crippen molar-refractivity contribution in [2.24, 2.45) is 0 Å². The van der Waals surface area contributed by atoms with Gasteiger partial charge in [0.15, 0.2) is 0 Å². The third-order valence-electron chi connectivity index (χ3n) is 5.87. The van der Waals surface area contributed by atoms with E-state index in [1.54, 1.807) is 0 Å². The van der Waals surface area contributed by atoms with Crippen molar-refractivity contribution in [1.29, 1.82) is 0 Å². The van der Waals surface area contributed by atoms with Crippen molar-refractivity contribution in [3.63, 3.8) is 0 Å². The van der Waals surface area contributed by atoms with Crippen molar-refractivity contribution in [3.8, 4) is 0 Å². The van der Waals surface area contributed by atoms with E-state index in [-0.39, 0.29) is 0 Å². The molecule has 3 heteroatoms. The molecule has 5 rings (SSSR count). The number of carbonyl (C=O) groups excluding carboxylic acids is 1. The highest BCUT2D eigenvalue weighted by Gasteiger charge is 2.34. The lowest BCUT2D eigenvalue weighted by molar-refractivity contribution is 0.112. The number of hydrogen-bond acceptors (Lipinski definition) is 2. The van der Waals surface area contributed by atoms with E-state index < -0.39 is 0 Å². The zero-order valence-corrected chi connectivity index (χ0v) is 14.3. The van der Waals surface area contributed by atoms with Crippen LogP contribution in [0.4, 0.5) is 0 Å². The Morgan fingerprint density at radius 3 is 2.80 bits per heavy atom. The number of rotatable bonds is 3. The zero-order valence-electron chi connectivity index (χ0n) is 14.3. The van der Waals surface area contributed by atoms with Crippen LogP contribution in [-0.4, -0.2) is 22.3 Å². The van der Waals surface area contributed by atoms with Crippen LogP contribution in [0, 0.1) is 0 Å². The molecule has 1 aromatic heterocycles. The van der Waals surface area contributed by atoms with Crippen molar-refractivity contribution < 1.29 is 4.79 Å². The van der Waals surface area contributed by atoms with Gasteiger partial charge >= 0.3 is 0 Å². The minimum Gasteiger partial charge on any atom is -0.342 e. The summed E-state index contributed by atoms with van der Waals surface area (Å²) in [7, 11) is 0. The maximum absolute atomic E-state index is 11.2. The van der Waals surface area contributed by atoms with Crippen LogP contribution in [0.25, 0.3) is 10.9 Å². The summed E-state index contributed by atoms with van der Waals surface area (Å²) >= 11 is 0. The topological polar surface area (TPSA) is 25.2 Å².